The van der Waals surface area contributed by atoms with E-state index in [9.17, 15) is 18.0 Å². The van der Waals surface area contributed by atoms with Gasteiger partial charge in [0.15, 0.2) is 0 Å². The summed E-state index contributed by atoms with van der Waals surface area (Å²) in [5, 5.41) is 0. The lowest BCUT2D eigenvalue weighted by molar-refractivity contribution is -0.137. The van der Waals surface area contributed by atoms with E-state index in [-0.39, 0.29) is 11.7 Å². The Kier molecular flexibility index (Phi) is 5.11. The summed E-state index contributed by atoms with van der Waals surface area (Å²) in [4.78, 5) is 15.6. The van der Waals surface area contributed by atoms with Gasteiger partial charge >= 0.3 is 12.3 Å². The van der Waals surface area contributed by atoms with Crippen molar-refractivity contribution >= 4 is 17.5 Å². The molecule has 0 aliphatic carbocycles. The number of nitrogen functional groups attached to an aromatic ring is 1. The van der Waals surface area contributed by atoms with Gasteiger partial charge in [0.1, 0.15) is 5.60 Å². The summed E-state index contributed by atoms with van der Waals surface area (Å²) < 4.78 is 44.3. The number of halogens is 3. The molecule has 1 heterocycles. The van der Waals surface area contributed by atoms with Gasteiger partial charge in [-0.1, -0.05) is 0 Å². The van der Waals surface area contributed by atoms with E-state index >= 15 is 0 Å². The summed E-state index contributed by atoms with van der Waals surface area (Å²) in [6.07, 6.45) is -4.87. The first kappa shape index (κ1) is 19.2. The molecule has 1 aliphatic rings. The summed E-state index contributed by atoms with van der Waals surface area (Å²) >= 11 is 0. The van der Waals surface area contributed by atoms with Crippen molar-refractivity contribution in [2.75, 3.05) is 30.3 Å². The molecule has 140 valence electrons. The Bertz CT molecular complexity index is 641. The average molecular weight is 359 g/mol. The van der Waals surface area contributed by atoms with Crippen LogP contribution in [-0.2, 0) is 10.9 Å². The standard InChI is InChI=1S/C17H24F3N3O2/c1-11-10-22(15(24)25-16(2,3)4)5-6-23(11)14-8-12(17(18,19)20)7-13(21)9-14/h7-9,11H,5-6,10,21H2,1-4H3/t11-/m1/s1. The molecule has 25 heavy (non-hydrogen) atoms. The summed E-state index contributed by atoms with van der Waals surface area (Å²) in [5.41, 5.74) is 4.75. The first-order chi connectivity index (χ1) is 11.4. The molecule has 8 heteroatoms. The predicted octanol–water partition coefficient (Wildman–Crippen LogP) is 3.73. The minimum Gasteiger partial charge on any atom is -0.444 e. The molecule has 0 unspecified atom stereocenters. The highest BCUT2D eigenvalue weighted by Gasteiger charge is 2.34. The molecule has 1 aliphatic heterocycles. The van der Waals surface area contributed by atoms with Crippen LogP contribution in [0.5, 0.6) is 0 Å². The lowest BCUT2D eigenvalue weighted by atomic mass is 10.1. The number of benzene rings is 1. The molecule has 0 saturated carbocycles. The second kappa shape index (κ2) is 6.65. The zero-order chi connectivity index (χ0) is 19.0. The molecular weight excluding hydrogens is 335 g/mol. The first-order valence-corrected chi connectivity index (χ1v) is 8.09. The van der Waals surface area contributed by atoms with Crippen LogP contribution < -0.4 is 10.6 Å². The van der Waals surface area contributed by atoms with E-state index in [0.29, 0.717) is 25.3 Å². The van der Waals surface area contributed by atoms with Crippen molar-refractivity contribution in [3.05, 3.63) is 23.8 Å². The van der Waals surface area contributed by atoms with Crippen LogP contribution in [0.25, 0.3) is 0 Å². The van der Waals surface area contributed by atoms with E-state index in [0.717, 1.165) is 12.1 Å². The number of hydrogen-bond donors (Lipinski definition) is 1. The van der Waals surface area contributed by atoms with Gasteiger partial charge in [-0.3, -0.25) is 0 Å². The largest absolute Gasteiger partial charge is 0.444 e. The third-order valence-electron chi connectivity index (χ3n) is 3.88. The van der Waals surface area contributed by atoms with E-state index in [1.807, 2.05) is 11.8 Å². The van der Waals surface area contributed by atoms with Gasteiger partial charge in [-0.15, -0.1) is 0 Å². The maximum absolute atomic E-state index is 13.0. The molecule has 2 rings (SSSR count). The zero-order valence-electron chi connectivity index (χ0n) is 14.9. The van der Waals surface area contributed by atoms with Crippen LogP contribution in [0.15, 0.2) is 18.2 Å². The minimum atomic E-state index is -4.45. The number of nitrogens with zero attached hydrogens (tertiary/aromatic N) is 2. The monoisotopic (exact) mass is 359 g/mol. The Morgan fingerprint density at radius 2 is 1.84 bits per heavy atom. The second-order valence-corrected chi connectivity index (χ2v) is 7.28. The predicted molar refractivity (Wildman–Crippen MR) is 90.5 cm³/mol. The first-order valence-electron chi connectivity index (χ1n) is 8.09. The van der Waals surface area contributed by atoms with Gasteiger partial charge in [0.05, 0.1) is 5.56 Å². The fraction of sp³-hybridized carbons (Fsp3) is 0.588. The van der Waals surface area contributed by atoms with Crippen molar-refractivity contribution < 1.29 is 22.7 Å². The van der Waals surface area contributed by atoms with Gasteiger partial charge in [-0.05, 0) is 45.9 Å². The number of rotatable bonds is 1. The summed E-state index contributed by atoms with van der Waals surface area (Å²) in [7, 11) is 0. The third kappa shape index (κ3) is 4.93. The number of hydrogen-bond acceptors (Lipinski definition) is 4. The molecule has 1 saturated heterocycles. The number of carbonyl (C=O) groups is 1. The molecule has 0 spiro atoms. The number of amides is 1. The quantitative estimate of drug-likeness (QED) is 0.776. The van der Waals surface area contributed by atoms with Crippen LogP contribution in [0.1, 0.15) is 33.3 Å². The van der Waals surface area contributed by atoms with Gasteiger partial charge in [-0.25, -0.2) is 4.79 Å². The van der Waals surface area contributed by atoms with Crippen molar-refractivity contribution in [1.82, 2.24) is 4.90 Å². The maximum atomic E-state index is 13.0. The summed E-state index contributed by atoms with van der Waals surface area (Å²) in [5.74, 6) is 0. The van der Waals surface area contributed by atoms with Crippen LogP contribution in [0.3, 0.4) is 0 Å². The van der Waals surface area contributed by atoms with Crippen LogP contribution in [0, 0.1) is 0 Å². The molecule has 5 nitrogen and oxygen atoms in total. The van der Waals surface area contributed by atoms with E-state index in [2.05, 4.69) is 0 Å². The SMILES string of the molecule is C[C@@H]1CN(C(=O)OC(C)(C)C)CCN1c1cc(N)cc(C(F)(F)F)c1. The molecule has 0 radical (unpaired) electrons. The summed E-state index contributed by atoms with van der Waals surface area (Å²) in [6, 6.07) is 3.37. The Labute approximate surface area is 145 Å². The molecule has 1 aromatic carbocycles. The topological polar surface area (TPSA) is 58.8 Å². The number of ether oxygens (including phenoxy) is 1. The third-order valence-corrected chi connectivity index (χ3v) is 3.88. The fourth-order valence-electron chi connectivity index (χ4n) is 2.80. The van der Waals surface area contributed by atoms with Gasteiger partial charge in [0, 0.05) is 37.1 Å². The van der Waals surface area contributed by atoms with Crippen LogP contribution in [0.2, 0.25) is 0 Å². The smallest absolute Gasteiger partial charge is 0.416 e. The maximum Gasteiger partial charge on any atom is 0.416 e. The van der Waals surface area contributed by atoms with Crippen molar-refractivity contribution in [3.8, 4) is 0 Å². The van der Waals surface area contributed by atoms with Crippen molar-refractivity contribution in [2.24, 2.45) is 0 Å². The number of piperazine rings is 1. The lowest BCUT2D eigenvalue weighted by Crippen LogP contribution is -2.54. The van der Waals surface area contributed by atoms with Gasteiger partial charge in [-0.2, -0.15) is 13.2 Å². The number of nitrogens with two attached hydrogens (primary N) is 1. The Balaban J connectivity index is 2.14. The number of carbonyl (C=O) groups excluding carboxylic acids is 1. The van der Waals surface area contributed by atoms with Gasteiger partial charge < -0.3 is 20.3 Å². The molecule has 0 aromatic heterocycles. The Morgan fingerprint density at radius 3 is 2.36 bits per heavy atom. The Hall–Kier alpha value is -2.12. The van der Waals surface area contributed by atoms with E-state index < -0.39 is 23.4 Å². The van der Waals surface area contributed by atoms with Gasteiger partial charge in [0.2, 0.25) is 0 Å². The fourth-order valence-corrected chi connectivity index (χ4v) is 2.80. The number of alkyl halides is 3. The molecule has 1 fully saturated rings. The second-order valence-electron chi connectivity index (χ2n) is 7.28. The van der Waals surface area contributed by atoms with Crippen LogP contribution in [0.4, 0.5) is 29.3 Å². The highest BCUT2D eigenvalue weighted by atomic mass is 19.4. The molecular formula is C17H24F3N3O2. The Morgan fingerprint density at radius 1 is 1.20 bits per heavy atom. The molecule has 2 N–H and O–H groups in total. The highest BCUT2D eigenvalue weighted by Crippen LogP contribution is 2.34. The minimum absolute atomic E-state index is 0.0617. The normalized spacial score (nSPS) is 19.1. The zero-order valence-corrected chi connectivity index (χ0v) is 14.9. The van der Waals surface area contributed by atoms with E-state index in [1.54, 1.807) is 25.7 Å². The van der Waals surface area contributed by atoms with E-state index in [1.165, 1.54) is 6.07 Å². The molecule has 1 amide bonds. The molecule has 1 aromatic rings. The molecule has 0 bridgehead atoms. The van der Waals surface area contributed by atoms with Crippen LogP contribution in [-0.4, -0.2) is 42.3 Å². The molecule has 1 atom stereocenters. The van der Waals surface area contributed by atoms with Crippen molar-refractivity contribution in [1.29, 1.82) is 0 Å². The van der Waals surface area contributed by atoms with E-state index in [4.69, 9.17) is 10.5 Å². The summed E-state index contributed by atoms with van der Waals surface area (Å²) in [6.45, 7) is 8.36. The highest BCUT2D eigenvalue weighted by molar-refractivity contribution is 5.69. The van der Waals surface area contributed by atoms with Crippen LogP contribution >= 0.6 is 0 Å². The lowest BCUT2D eigenvalue weighted by Gasteiger charge is -2.41. The average Bonchev–Trinajstić information content (AvgIpc) is 2.43. The van der Waals surface area contributed by atoms with Crippen molar-refractivity contribution in [3.63, 3.8) is 0 Å². The van der Waals surface area contributed by atoms with Crippen molar-refractivity contribution in [2.45, 2.75) is 45.5 Å². The van der Waals surface area contributed by atoms with Gasteiger partial charge in [0.25, 0.3) is 0 Å². The number of anilines is 2.